The van der Waals surface area contributed by atoms with Crippen LogP contribution >= 0.6 is 0 Å². The van der Waals surface area contributed by atoms with Crippen molar-refractivity contribution in [1.29, 1.82) is 0 Å². The third kappa shape index (κ3) is 4.02. The molecule has 28 heavy (non-hydrogen) atoms. The van der Waals surface area contributed by atoms with Crippen LogP contribution in [0.1, 0.15) is 40.0 Å². The molecule has 1 saturated heterocycles. The fourth-order valence-electron chi connectivity index (χ4n) is 4.17. The number of amides is 1. The van der Waals surface area contributed by atoms with E-state index in [1.54, 1.807) is 0 Å². The number of rotatable bonds is 4. The normalized spacial score (nSPS) is 17.3. The van der Waals surface area contributed by atoms with Gasteiger partial charge < -0.3 is 9.80 Å². The Morgan fingerprint density at radius 1 is 1.14 bits per heavy atom. The SMILES string of the molecule is CN(C)c1nc2c(cc1C(=O)N1CCCC1)CCN(Cc1cccnc1)CC2. The predicted molar refractivity (Wildman–Crippen MR) is 111 cm³/mol. The van der Waals surface area contributed by atoms with E-state index in [2.05, 4.69) is 22.0 Å². The Morgan fingerprint density at radius 3 is 2.64 bits per heavy atom. The minimum atomic E-state index is 0.132. The summed E-state index contributed by atoms with van der Waals surface area (Å²) in [5.74, 6) is 0.935. The molecule has 0 unspecified atom stereocenters. The van der Waals surface area contributed by atoms with Gasteiger partial charge in [-0.25, -0.2) is 4.98 Å². The van der Waals surface area contributed by atoms with Gasteiger partial charge in [0.15, 0.2) is 0 Å². The molecule has 2 aliphatic rings. The number of hydrogen-bond donors (Lipinski definition) is 0. The van der Waals surface area contributed by atoms with Crippen LogP contribution < -0.4 is 4.90 Å². The number of likely N-dealkylation sites (tertiary alicyclic amines) is 1. The van der Waals surface area contributed by atoms with E-state index in [1.165, 1.54) is 11.1 Å². The van der Waals surface area contributed by atoms with Gasteiger partial charge in [0.05, 0.1) is 5.56 Å². The van der Waals surface area contributed by atoms with Gasteiger partial charge in [-0.3, -0.25) is 14.7 Å². The molecule has 0 N–H and O–H groups in total. The Labute approximate surface area is 167 Å². The van der Waals surface area contributed by atoms with Crippen LogP contribution in [0.3, 0.4) is 0 Å². The maximum absolute atomic E-state index is 13.1. The summed E-state index contributed by atoms with van der Waals surface area (Å²) in [5, 5.41) is 0. The first-order chi connectivity index (χ1) is 13.6. The molecule has 2 aromatic heterocycles. The second-order valence-corrected chi connectivity index (χ2v) is 8.00. The number of carbonyl (C=O) groups is 1. The summed E-state index contributed by atoms with van der Waals surface area (Å²) in [6.07, 6.45) is 7.79. The lowest BCUT2D eigenvalue weighted by Crippen LogP contribution is -2.30. The molecule has 0 bridgehead atoms. The largest absolute Gasteiger partial charge is 0.362 e. The zero-order chi connectivity index (χ0) is 19.5. The zero-order valence-electron chi connectivity index (χ0n) is 16.9. The van der Waals surface area contributed by atoms with Crippen molar-refractivity contribution in [2.24, 2.45) is 0 Å². The smallest absolute Gasteiger partial charge is 0.257 e. The maximum Gasteiger partial charge on any atom is 0.257 e. The monoisotopic (exact) mass is 379 g/mol. The fraction of sp³-hybridized carbons (Fsp3) is 0.500. The number of hydrogen-bond acceptors (Lipinski definition) is 5. The lowest BCUT2D eigenvalue weighted by molar-refractivity contribution is 0.0793. The molecular formula is C22H29N5O. The first-order valence-corrected chi connectivity index (χ1v) is 10.2. The Balaban J connectivity index is 1.56. The van der Waals surface area contributed by atoms with Crippen molar-refractivity contribution in [3.63, 3.8) is 0 Å². The number of aromatic nitrogens is 2. The standard InChI is InChI=1S/C22H29N5O/c1-25(2)21-19(22(28)27-10-3-4-11-27)14-18-7-12-26(13-8-20(18)24-21)16-17-6-5-9-23-15-17/h5-6,9,14-15H,3-4,7-8,10-13,16H2,1-2H3. The molecule has 6 heteroatoms. The first-order valence-electron chi connectivity index (χ1n) is 10.2. The van der Waals surface area contributed by atoms with Gasteiger partial charge in [-0.05, 0) is 42.5 Å². The van der Waals surface area contributed by atoms with E-state index in [0.717, 1.165) is 75.5 Å². The van der Waals surface area contributed by atoms with Gasteiger partial charge in [-0.15, -0.1) is 0 Å². The van der Waals surface area contributed by atoms with E-state index in [1.807, 2.05) is 42.4 Å². The van der Waals surface area contributed by atoms with Crippen molar-refractivity contribution in [3.05, 3.63) is 53.0 Å². The second kappa shape index (κ2) is 8.27. The van der Waals surface area contributed by atoms with Crippen LogP contribution in [-0.4, -0.2) is 65.9 Å². The minimum Gasteiger partial charge on any atom is -0.362 e. The lowest BCUT2D eigenvalue weighted by atomic mass is 10.0. The number of pyridine rings is 2. The van der Waals surface area contributed by atoms with E-state index in [9.17, 15) is 4.79 Å². The van der Waals surface area contributed by atoms with Crippen molar-refractivity contribution in [3.8, 4) is 0 Å². The number of carbonyl (C=O) groups excluding carboxylic acids is 1. The van der Waals surface area contributed by atoms with Crippen molar-refractivity contribution in [2.45, 2.75) is 32.2 Å². The van der Waals surface area contributed by atoms with Crippen molar-refractivity contribution in [2.75, 3.05) is 45.2 Å². The van der Waals surface area contributed by atoms with Gasteiger partial charge >= 0.3 is 0 Å². The van der Waals surface area contributed by atoms with Gasteiger partial charge in [-0.1, -0.05) is 6.07 Å². The molecule has 0 spiro atoms. The van der Waals surface area contributed by atoms with E-state index in [4.69, 9.17) is 4.98 Å². The molecule has 4 rings (SSSR count). The van der Waals surface area contributed by atoms with E-state index < -0.39 is 0 Å². The van der Waals surface area contributed by atoms with Crippen molar-refractivity contribution in [1.82, 2.24) is 19.8 Å². The van der Waals surface area contributed by atoms with Crippen LogP contribution in [0.2, 0.25) is 0 Å². The predicted octanol–water partition coefficient (Wildman–Crippen LogP) is 2.38. The average Bonchev–Trinajstić information content (AvgIpc) is 3.17. The van der Waals surface area contributed by atoms with Gasteiger partial charge in [0.1, 0.15) is 5.82 Å². The molecule has 6 nitrogen and oxygen atoms in total. The molecule has 0 saturated carbocycles. The molecule has 4 heterocycles. The third-order valence-corrected chi connectivity index (χ3v) is 5.71. The molecule has 148 valence electrons. The van der Waals surface area contributed by atoms with E-state index in [-0.39, 0.29) is 5.91 Å². The summed E-state index contributed by atoms with van der Waals surface area (Å²) in [7, 11) is 3.95. The van der Waals surface area contributed by atoms with Gasteiger partial charge in [0.2, 0.25) is 0 Å². The number of fused-ring (bicyclic) bond motifs is 1. The Bertz CT molecular complexity index is 830. The Morgan fingerprint density at radius 2 is 1.93 bits per heavy atom. The molecule has 2 aliphatic heterocycles. The van der Waals surface area contributed by atoms with Gasteiger partial charge in [-0.2, -0.15) is 0 Å². The highest BCUT2D eigenvalue weighted by Crippen LogP contribution is 2.26. The van der Waals surface area contributed by atoms with Gasteiger partial charge in [0, 0.05) is 71.3 Å². The quantitative estimate of drug-likeness (QED) is 0.816. The summed E-state index contributed by atoms with van der Waals surface area (Å²) < 4.78 is 0. The summed E-state index contributed by atoms with van der Waals surface area (Å²) in [6, 6.07) is 6.23. The lowest BCUT2D eigenvalue weighted by Gasteiger charge is -2.22. The number of nitrogens with zero attached hydrogens (tertiary/aromatic N) is 5. The second-order valence-electron chi connectivity index (χ2n) is 8.00. The molecule has 0 atom stereocenters. The molecule has 2 aromatic rings. The summed E-state index contributed by atoms with van der Waals surface area (Å²) in [6.45, 7) is 4.58. The van der Waals surface area contributed by atoms with Crippen LogP contribution in [0.5, 0.6) is 0 Å². The summed E-state index contributed by atoms with van der Waals surface area (Å²) >= 11 is 0. The van der Waals surface area contributed by atoms with E-state index in [0.29, 0.717) is 0 Å². The molecule has 1 amide bonds. The highest BCUT2D eigenvalue weighted by atomic mass is 16.2. The van der Waals surface area contributed by atoms with Crippen LogP contribution in [0, 0.1) is 0 Å². The molecule has 0 aliphatic carbocycles. The minimum absolute atomic E-state index is 0.132. The molecule has 1 fully saturated rings. The highest BCUT2D eigenvalue weighted by molar-refractivity contribution is 5.99. The molecular weight excluding hydrogens is 350 g/mol. The third-order valence-electron chi connectivity index (χ3n) is 5.71. The van der Waals surface area contributed by atoms with Crippen molar-refractivity contribution < 1.29 is 4.79 Å². The zero-order valence-corrected chi connectivity index (χ0v) is 16.9. The molecule has 0 aromatic carbocycles. The fourth-order valence-corrected chi connectivity index (χ4v) is 4.17. The van der Waals surface area contributed by atoms with Crippen LogP contribution in [0.25, 0.3) is 0 Å². The van der Waals surface area contributed by atoms with Gasteiger partial charge in [0.25, 0.3) is 5.91 Å². The summed E-state index contributed by atoms with van der Waals surface area (Å²) in [4.78, 5) is 28.7. The van der Waals surface area contributed by atoms with Crippen molar-refractivity contribution >= 4 is 11.7 Å². The number of anilines is 1. The van der Waals surface area contributed by atoms with Crippen LogP contribution in [-0.2, 0) is 19.4 Å². The molecule has 0 radical (unpaired) electrons. The highest BCUT2D eigenvalue weighted by Gasteiger charge is 2.26. The Hall–Kier alpha value is -2.47. The maximum atomic E-state index is 13.1. The topological polar surface area (TPSA) is 52.6 Å². The Kier molecular flexibility index (Phi) is 5.57. The van der Waals surface area contributed by atoms with E-state index >= 15 is 0 Å². The summed E-state index contributed by atoms with van der Waals surface area (Å²) in [5.41, 5.74) is 4.35. The first kappa shape index (κ1) is 18.9. The van der Waals surface area contributed by atoms with Crippen LogP contribution in [0.15, 0.2) is 30.6 Å². The van der Waals surface area contributed by atoms with Crippen LogP contribution in [0.4, 0.5) is 5.82 Å². The average molecular weight is 380 g/mol.